The van der Waals surface area contributed by atoms with Crippen molar-refractivity contribution in [2.45, 2.75) is 65.2 Å². The van der Waals surface area contributed by atoms with Gasteiger partial charge in [-0.1, -0.05) is 83.4 Å². The molecule has 0 spiro atoms. The normalized spacial score (nSPS) is 9.50. The van der Waals surface area contributed by atoms with Crippen molar-refractivity contribution in [1.29, 1.82) is 0 Å². The summed E-state index contributed by atoms with van der Waals surface area (Å²) in [5, 5.41) is 10.5. The summed E-state index contributed by atoms with van der Waals surface area (Å²) in [6.07, 6.45) is 10.4. The Bertz CT molecular complexity index is 317. The van der Waals surface area contributed by atoms with E-state index in [1.165, 1.54) is 51.4 Å². The van der Waals surface area contributed by atoms with Crippen LogP contribution in [0.3, 0.4) is 0 Å². The van der Waals surface area contributed by atoms with Crippen LogP contribution in [0.4, 0.5) is 10.5 Å². The topological polar surface area (TPSA) is 49.3 Å². The molecule has 3 heteroatoms. The minimum Gasteiger partial charge on any atom is -0.465 e. The van der Waals surface area contributed by atoms with Crippen molar-refractivity contribution < 1.29 is 9.90 Å². The Labute approximate surface area is 123 Å². The Hall–Kier alpha value is -1.51. The molecule has 0 fully saturated rings. The Morgan fingerprint density at radius 2 is 1.35 bits per heavy atom. The first-order valence-electron chi connectivity index (χ1n) is 7.75. The summed E-state index contributed by atoms with van der Waals surface area (Å²) >= 11 is 0. The smallest absolute Gasteiger partial charge is 0.409 e. The minimum atomic E-state index is -1.04. The average Bonchev–Trinajstić information content (AvgIpc) is 2.44. The van der Waals surface area contributed by atoms with Crippen LogP contribution in [0.25, 0.3) is 0 Å². The first-order valence-corrected chi connectivity index (χ1v) is 7.75. The van der Waals surface area contributed by atoms with Crippen molar-refractivity contribution in [1.82, 2.24) is 0 Å². The molecular weight excluding hydrogens is 250 g/mol. The van der Waals surface area contributed by atoms with Gasteiger partial charge in [-0.25, -0.2) is 4.79 Å². The second-order valence-electron chi connectivity index (χ2n) is 4.92. The van der Waals surface area contributed by atoms with Gasteiger partial charge in [-0.15, -0.1) is 0 Å². The molecule has 0 aromatic heterocycles. The molecule has 0 unspecified atom stereocenters. The summed E-state index contributed by atoms with van der Waals surface area (Å²) in [5.41, 5.74) is 0.593. The van der Waals surface area contributed by atoms with Gasteiger partial charge in [-0.3, -0.25) is 5.32 Å². The largest absolute Gasteiger partial charge is 0.465 e. The molecule has 3 nitrogen and oxygen atoms in total. The number of carbonyl (C=O) groups is 1. The van der Waals surface area contributed by atoms with Gasteiger partial charge in [0.15, 0.2) is 0 Å². The molecule has 0 aliphatic rings. The Kier molecular flexibility index (Phi) is 12.9. The molecule has 0 atom stereocenters. The minimum absolute atomic E-state index is 0.593. The third-order valence-corrected chi connectivity index (χ3v) is 2.98. The monoisotopic (exact) mass is 279 g/mol. The number of unbranched alkanes of at least 4 members (excludes halogenated alkanes) is 7. The second-order valence-corrected chi connectivity index (χ2v) is 4.92. The summed E-state index contributed by atoms with van der Waals surface area (Å²) in [7, 11) is 0. The van der Waals surface area contributed by atoms with E-state index >= 15 is 0 Å². The van der Waals surface area contributed by atoms with Crippen molar-refractivity contribution in [3.8, 4) is 0 Å². The fraction of sp³-hybridized carbons (Fsp3) is 0.588. The molecular formula is C17H29NO2. The number of rotatable bonds is 8. The lowest BCUT2D eigenvalue weighted by Gasteiger charge is -1.97. The van der Waals surface area contributed by atoms with Crippen LogP contribution in [-0.2, 0) is 0 Å². The lowest BCUT2D eigenvalue weighted by Crippen LogP contribution is -2.06. The van der Waals surface area contributed by atoms with Gasteiger partial charge in [0.1, 0.15) is 0 Å². The van der Waals surface area contributed by atoms with Crippen molar-refractivity contribution >= 4 is 11.8 Å². The Morgan fingerprint density at radius 3 is 1.75 bits per heavy atom. The quantitative estimate of drug-likeness (QED) is 0.580. The average molecular weight is 279 g/mol. The number of amides is 1. The Balaban J connectivity index is 0.000000361. The van der Waals surface area contributed by atoms with E-state index in [2.05, 4.69) is 19.2 Å². The SMILES string of the molecule is CCCCCCCCCC.O=C(O)Nc1ccccc1. The number of hydrogen-bond acceptors (Lipinski definition) is 1. The van der Waals surface area contributed by atoms with Gasteiger partial charge in [-0.05, 0) is 12.1 Å². The summed E-state index contributed by atoms with van der Waals surface area (Å²) in [6.45, 7) is 4.54. The fourth-order valence-corrected chi connectivity index (χ4v) is 1.85. The first kappa shape index (κ1) is 18.5. The van der Waals surface area contributed by atoms with E-state index in [1.807, 2.05) is 6.07 Å². The van der Waals surface area contributed by atoms with Crippen LogP contribution < -0.4 is 5.32 Å². The lowest BCUT2D eigenvalue weighted by molar-refractivity contribution is 0.210. The van der Waals surface area contributed by atoms with Gasteiger partial charge in [0.05, 0.1) is 0 Å². The molecule has 20 heavy (non-hydrogen) atoms. The van der Waals surface area contributed by atoms with Crippen molar-refractivity contribution in [3.63, 3.8) is 0 Å². The van der Waals surface area contributed by atoms with Crippen molar-refractivity contribution in [2.24, 2.45) is 0 Å². The fourth-order valence-electron chi connectivity index (χ4n) is 1.85. The zero-order valence-electron chi connectivity index (χ0n) is 12.9. The van der Waals surface area contributed by atoms with Crippen LogP contribution in [-0.4, -0.2) is 11.2 Å². The molecule has 0 radical (unpaired) electrons. The number of carboxylic acid groups (broad SMARTS) is 1. The summed E-state index contributed by atoms with van der Waals surface area (Å²) < 4.78 is 0. The highest BCUT2D eigenvalue weighted by atomic mass is 16.4. The van der Waals surface area contributed by atoms with Crippen LogP contribution in [0.1, 0.15) is 65.2 Å². The van der Waals surface area contributed by atoms with E-state index in [4.69, 9.17) is 5.11 Å². The molecule has 2 N–H and O–H groups in total. The van der Waals surface area contributed by atoms with E-state index < -0.39 is 6.09 Å². The highest BCUT2D eigenvalue weighted by molar-refractivity contribution is 5.82. The summed E-state index contributed by atoms with van der Waals surface area (Å²) in [6, 6.07) is 8.74. The highest BCUT2D eigenvalue weighted by Gasteiger charge is 1.93. The molecule has 1 rings (SSSR count). The summed E-state index contributed by atoms with van der Waals surface area (Å²) in [5.74, 6) is 0. The van der Waals surface area contributed by atoms with Gasteiger partial charge < -0.3 is 5.11 Å². The molecule has 1 aromatic carbocycles. The molecule has 114 valence electrons. The lowest BCUT2D eigenvalue weighted by atomic mass is 10.1. The third-order valence-electron chi connectivity index (χ3n) is 2.98. The maximum Gasteiger partial charge on any atom is 0.409 e. The van der Waals surface area contributed by atoms with Gasteiger partial charge in [0.25, 0.3) is 0 Å². The van der Waals surface area contributed by atoms with Gasteiger partial charge >= 0.3 is 6.09 Å². The molecule has 1 amide bonds. The number of nitrogens with one attached hydrogen (secondary N) is 1. The van der Waals surface area contributed by atoms with Gasteiger partial charge in [-0.2, -0.15) is 0 Å². The van der Waals surface area contributed by atoms with Gasteiger partial charge in [0, 0.05) is 5.69 Å². The van der Waals surface area contributed by atoms with E-state index in [9.17, 15) is 4.79 Å². The van der Waals surface area contributed by atoms with Crippen LogP contribution in [0.15, 0.2) is 30.3 Å². The standard InChI is InChI=1S/C10H22.C7H7NO2/c1-3-5-7-9-10-8-6-4-2;9-7(10)8-6-4-2-1-3-5-6/h3-10H2,1-2H3;1-5,8H,(H,9,10). The molecule has 0 heterocycles. The number of para-hydroxylation sites is 1. The van der Waals surface area contributed by atoms with Crippen molar-refractivity contribution in [2.75, 3.05) is 5.32 Å². The highest BCUT2D eigenvalue weighted by Crippen LogP contribution is 2.07. The van der Waals surface area contributed by atoms with E-state index in [-0.39, 0.29) is 0 Å². The molecule has 1 aromatic rings. The van der Waals surface area contributed by atoms with Crippen LogP contribution in [0, 0.1) is 0 Å². The molecule has 0 saturated carbocycles. The summed E-state index contributed by atoms with van der Waals surface area (Å²) in [4.78, 5) is 10.1. The van der Waals surface area contributed by atoms with Crippen LogP contribution in [0.2, 0.25) is 0 Å². The maximum absolute atomic E-state index is 10.1. The number of hydrogen-bond donors (Lipinski definition) is 2. The maximum atomic E-state index is 10.1. The van der Waals surface area contributed by atoms with Crippen LogP contribution in [0.5, 0.6) is 0 Å². The Morgan fingerprint density at radius 1 is 0.900 bits per heavy atom. The number of benzene rings is 1. The second kappa shape index (κ2) is 13.9. The molecule has 0 bridgehead atoms. The third kappa shape index (κ3) is 12.9. The molecule has 0 saturated heterocycles. The zero-order valence-corrected chi connectivity index (χ0v) is 12.9. The van der Waals surface area contributed by atoms with E-state index in [1.54, 1.807) is 24.3 Å². The van der Waals surface area contributed by atoms with Crippen molar-refractivity contribution in [3.05, 3.63) is 30.3 Å². The van der Waals surface area contributed by atoms with E-state index in [0.717, 1.165) is 0 Å². The molecule has 0 aliphatic heterocycles. The van der Waals surface area contributed by atoms with Crippen LogP contribution >= 0.6 is 0 Å². The van der Waals surface area contributed by atoms with E-state index in [0.29, 0.717) is 5.69 Å². The zero-order chi connectivity index (χ0) is 15.1. The first-order chi connectivity index (χ1) is 9.70. The number of anilines is 1. The van der Waals surface area contributed by atoms with Gasteiger partial charge in [0.2, 0.25) is 0 Å². The molecule has 0 aliphatic carbocycles. The predicted octanol–water partition coefficient (Wildman–Crippen LogP) is 5.92. The predicted molar refractivity (Wildman–Crippen MR) is 86.4 cm³/mol.